The van der Waals surface area contributed by atoms with Crippen LogP contribution < -0.4 is 5.56 Å². The van der Waals surface area contributed by atoms with Crippen molar-refractivity contribution >= 4 is 34.9 Å². The molecular weight excluding hydrogens is 420 g/mol. The van der Waals surface area contributed by atoms with Gasteiger partial charge in [0.1, 0.15) is 15.8 Å². The number of benzene rings is 1. The number of para-hydroxylation sites is 1. The van der Waals surface area contributed by atoms with Crippen LogP contribution >= 0.6 is 34.9 Å². The van der Waals surface area contributed by atoms with Crippen LogP contribution in [-0.2, 0) is 7.05 Å². The van der Waals surface area contributed by atoms with Crippen molar-refractivity contribution in [1.29, 1.82) is 5.26 Å². The van der Waals surface area contributed by atoms with Gasteiger partial charge in [-0.05, 0) is 52.8 Å². The molecule has 9 nitrogen and oxygen atoms in total. The fraction of sp³-hybridized carbons (Fsp3) is 0.125. The molecule has 0 N–H and O–H groups in total. The summed E-state index contributed by atoms with van der Waals surface area (Å²) in [5.41, 5.74) is 1.74. The van der Waals surface area contributed by atoms with Crippen LogP contribution in [0.5, 0.6) is 0 Å². The summed E-state index contributed by atoms with van der Waals surface area (Å²) in [6.45, 7) is 1.82. The van der Waals surface area contributed by atoms with E-state index in [1.807, 2.05) is 43.3 Å². The summed E-state index contributed by atoms with van der Waals surface area (Å²) < 4.78 is 9.20. The summed E-state index contributed by atoms with van der Waals surface area (Å²) in [7, 11) is 1.79. The smallest absolute Gasteiger partial charge is 0.283 e. The average molecular weight is 431 g/mol. The van der Waals surface area contributed by atoms with Crippen molar-refractivity contribution in [3.8, 4) is 17.4 Å². The number of rotatable bonds is 4. The first-order chi connectivity index (χ1) is 13.5. The summed E-state index contributed by atoms with van der Waals surface area (Å²) in [6.07, 6.45) is 0. The molecule has 0 fully saturated rings. The van der Waals surface area contributed by atoms with Crippen LogP contribution in [0.25, 0.3) is 11.4 Å². The summed E-state index contributed by atoms with van der Waals surface area (Å²) in [5.74, 6) is 0. The van der Waals surface area contributed by atoms with E-state index in [2.05, 4.69) is 19.9 Å². The Balaban J connectivity index is 1.83. The molecule has 28 heavy (non-hydrogen) atoms. The first kappa shape index (κ1) is 18.4. The van der Waals surface area contributed by atoms with Crippen molar-refractivity contribution in [3.63, 3.8) is 0 Å². The van der Waals surface area contributed by atoms with E-state index in [1.165, 1.54) is 4.68 Å². The highest BCUT2D eigenvalue weighted by Gasteiger charge is 2.24. The van der Waals surface area contributed by atoms with Crippen LogP contribution in [0.1, 0.15) is 11.3 Å². The molecule has 1 aromatic carbocycles. The lowest BCUT2D eigenvalue weighted by Crippen LogP contribution is -2.21. The lowest BCUT2D eigenvalue weighted by Gasteiger charge is -2.07. The van der Waals surface area contributed by atoms with Crippen molar-refractivity contribution in [1.82, 2.24) is 33.9 Å². The van der Waals surface area contributed by atoms with Gasteiger partial charge in [0.25, 0.3) is 5.56 Å². The molecule has 0 amide bonds. The Bertz CT molecular complexity index is 1260. The van der Waals surface area contributed by atoms with E-state index in [0.717, 1.165) is 29.0 Å². The van der Waals surface area contributed by atoms with E-state index in [1.54, 1.807) is 16.4 Å². The van der Waals surface area contributed by atoms with Crippen molar-refractivity contribution in [3.05, 3.63) is 57.1 Å². The lowest BCUT2D eigenvalue weighted by molar-refractivity contribution is 0.630. The van der Waals surface area contributed by atoms with Crippen LogP contribution in [0.3, 0.4) is 0 Å². The second-order valence-electron chi connectivity index (χ2n) is 5.63. The van der Waals surface area contributed by atoms with Gasteiger partial charge in [0, 0.05) is 7.05 Å². The highest BCUT2D eigenvalue weighted by Crippen LogP contribution is 2.36. The normalized spacial score (nSPS) is 10.9. The van der Waals surface area contributed by atoms with Gasteiger partial charge in [0.15, 0.2) is 10.8 Å². The predicted molar refractivity (Wildman–Crippen MR) is 104 cm³/mol. The molecule has 0 bridgehead atoms. The molecule has 4 aromatic rings. The number of aromatic nitrogens is 7. The third-order valence-corrected chi connectivity index (χ3v) is 6.41. The van der Waals surface area contributed by atoms with Gasteiger partial charge >= 0.3 is 0 Å². The molecular formula is C16H11ClN8OS2. The molecule has 4 rings (SSSR count). The van der Waals surface area contributed by atoms with E-state index in [4.69, 9.17) is 11.6 Å². The molecule has 3 aromatic heterocycles. The molecule has 0 spiro atoms. The number of nitrogens with zero attached hydrogens (tertiary/aromatic N) is 8. The summed E-state index contributed by atoms with van der Waals surface area (Å²) in [6, 6.07) is 11.3. The quantitative estimate of drug-likeness (QED) is 0.489. The second kappa shape index (κ2) is 7.23. The van der Waals surface area contributed by atoms with Crippen LogP contribution in [0.15, 0.2) is 44.5 Å². The molecule has 0 unspecified atom stereocenters. The van der Waals surface area contributed by atoms with Gasteiger partial charge in [0.2, 0.25) is 5.16 Å². The molecule has 0 aliphatic rings. The van der Waals surface area contributed by atoms with Crippen molar-refractivity contribution in [2.45, 2.75) is 16.3 Å². The molecule has 0 atom stereocenters. The highest BCUT2D eigenvalue weighted by atomic mass is 35.5. The maximum absolute atomic E-state index is 13.2. The fourth-order valence-electron chi connectivity index (χ4n) is 2.68. The van der Waals surface area contributed by atoms with E-state index in [-0.39, 0.29) is 16.3 Å². The van der Waals surface area contributed by atoms with Crippen LogP contribution in [-0.4, -0.2) is 33.9 Å². The van der Waals surface area contributed by atoms with Crippen molar-refractivity contribution in [2.75, 3.05) is 0 Å². The number of halogens is 1. The standard InChI is InChI=1S/C16H11ClN8OS2/c1-9-12(14(26)25(23(9)2)10-6-4-3-5-7-10)24-16(19-21-22-24)27-15-11(8-18)13(17)20-28-15/h3-7H,1-2H3. The molecule has 140 valence electrons. The Morgan fingerprint density at radius 1 is 1.29 bits per heavy atom. The van der Waals surface area contributed by atoms with E-state index in [9.17, 15) is 10.1 Å². The molecule has 0 saturated heterocycles. The van der Waals surface area contributed by atoms with Crippen molar-refractivity contribution in [2.24, 2.45) is 7.05 Å². The van der Waals surface area contributed by atoms with Gasteiger partial charge in [-0.1, -0.05) is 29.8 Å². The van der Waals surface area contributed by atoms with Gasteiger partial charge in [-0.2, -0.15) is 14.3 Å². The topological polar surface area (TPSA) is 107 Å². The molecule has 0 aliphatic heterocycles. The first-order valence-corrected chi connectivity index (χ1v) is 9.85. The first-order valence-electron chi connectivity index (χ1n) is 7.88. The SMILES string of the molecule is Cc1c(-n2nnnc2Sc2snc(Cl)c2C#N)c(=O)n(-c2ccccc2)n1C. The largest absolute Gasteiger partial charge is 0.297 e. The molecule has 0 saturated carbocycles. The fourth-order valence-corrected chi connectivity index (χ4v) is 4.71. The van der Waals surface area contributed by atoms with Gasteiger partial charge in [-0.3, -0.25) is 9.48 Å². The second-order valence-corrected chi connectivity index (χ2v) is 8.00. The van der Waals surface area contributed by atoms with Gasteiger partial charge in [-0.25, -0.2) is 4.68 Å². The molecule has 12 heteroatoms. The number of tetrazole rings is 1. The summed E-state index contributed by atoms with van der Waals surface area (Å²) in [5, 5.41) is 21.4. The molecule has 0 radical (unpaired) electrons. The minimum absolute atomic E-state index is 0.136. The van der Waals surface area contributed by atoms with E-state index < -0.39 is 0 Å². The number of hydrogen-bond acceptors (Lipinski definition) is 8. The number of nitriles is 1. The average Bonchev–Trinajstić information content (AvgIpc) is 3.34. The third kappa shape index (κ3) is 2.91. The van der Waals surface area contributed by atoms with Crippen LogP contribution in [0.2, 0.25) is 5.15 Å². The zero-order valence-corrected chi connectivity index (χ0v) is 17.0. The molecule has 0 aliphatic carbocycles. The summed E-state index contributed by atoms with van der Waals surface area (Å²) in [4.78, 5) is 13.2. The van der Waals surface area contributed by atoms with Gasteiger partial charge in [0.05, 0.1) is 11.4 Å². The number of hydrogen-bond donors (Lipinski definition) is 0. The predicted octanol–water partition coefficient (Wildman–Crippen LogP) is 2.59. The van der Waals surface area contributed by atoms with Crippen LogP contribution in [0.4, 0.5) is 0 Å². The zero-order valence-electron chi connectivity index (χ0n) is 14.6. The Labute approximate surface area is 171 Å². The maximum atomic E-state index is 13.2. The minimum atomic E-state index is -0.261. The third-order valence-electron chi connectivity index (χ3n) is 4.09. The molecule has 3 heterocycles. The Morgan fingerprint density at radius 3 is 2.75 bits per heavy atom. The zero-order chi connectivity index (χ0) is 19.8. The Hall–Kier alpha value is -2.94. The lowest BCUT2D eigenvalue weighted by atomic mass is 10.3. The van der Waals surface area contributed by atoms with E-state index >= 15 is 0 Å². The van der Waals surface area contributed by atoms with Crippen LogP contribution in [0, 0.1) is 18.3 Å². The minimum Gasteiger partial charge on any atom is -0.283 e. The highest BCUT2D eigenvalue weighted by molar-refractivity contribution is 8.01. The Morgan fingerprint density at radius 2 is 2.04 bits per heavy atom. The summed E-state index contributed by atoms with van der Waals surface area (Å²) >= 11 is 8.14. The Kier molecular flexibility index (Phi) is 4.76. The van der Waals surface area contributed by atoms with Gasteiger partial charge < -0.3 is 0 Å². The van der Waals surface area contributed by atoms with Gasteiger partial charge in [-0.15, -0.1) is 5.10 Å². The van der Waals surface area contributed by atoms with E-state index in [0.29, 0.717) is 20.7 Å². The maximum Gasteiger partial charge on any atom is 0.297 e. The monoisotopic (exact) mass is 430 g/mol. The van der Waals surface area contributed by atoms with Crippen molar-refractivity contribution < 1.29 is 0 Å².